The van der Waals surface area contributed by atoms with Gasteiger partial charge in [-0.3, -0.25) is 15.0 Å². The highest BCUT2D eigenvalue weighted by atomic mass is 19.1. The number of hydrogen-bond acceptors (Lipinski definition) is 9. The van der Waals surface area contributed by atoms with Crippen molar-refractivity contribution >= 4 is 34.9 Å². The van der Waals surface area contributed by atoms with Crippen LogP contribution in [0.3, 0.4) is 0 Å². The van der Waals surface area contributed by atoms with Crippen molar-refractivity contribution in [3.8, 4) is 5.75 Å². The van der Waals surface area contributed by atoms with Crippen molar-refractivity contribution in [3.05, 3.63) is 69.4 Å². The summed E-state index contributed by atoms with van der Waals surface area (Å²) in [6, 6.07) is 5.72. The minimum atomic E-state index is -0.741. The van der Waals surface area contributed by atoms with Crippen LogP contribution in [0.1, 0.15) is 11.1 Å². The van der Waals surface area contributed by atoms with Gasteiger partial charge in [0.1, 0.15) is 28.9 Å². The molecule has 1 N–H and O–H groups in total. The summed E-state index contributed by atoms with van der Waals surface area (Å²) in [7, 11) is 8.58. The Bertz CT molecular complexity index is 1440. The van der Waals surface area contributed by atoms with Crippen LogP contribution in [-0.2, 0) is 13.1 Å². The van der Waals surface area contributed by atoms with Crippen LogP contribution in [0.2, 0.25) is 0 Å². The molecule has 0 saturated carbocycles. The van der Waals surface area contributed by atoms with E-state index in [-0.39, 0.29) is 36.0 Å². The van der Waals surface area contributed by atoms with Crippen molar-refractivity contribution in [1.29, 1.82) is 0 Å². The summed E-state index contributed by atoms with van der Waals surface area (Å²) in [5.74, 6) is -0.676. The van der Waals surface area contributed by atoms with Crippen molar-refractivity contribution < 1.29 is 23.2 Å². The van der Waals surface area contributed by atoms with E-state index in [9.17, 15) is 23.7 Å². The number of halogens is 2. The van der Waals surface area contributed by atoms with Crippen molar-refractivity contribution in [2.45, 2.75) is 13.1 Å². The summed E-state index contributed by atoms with van der Waals surface area (Å²) < 4.78 is 33.0. The molecule has 0 spiro atoms. The van der Waals surface area contributed by atoms with Crippen LogP contribution < -0.4 is 19.9 Å². The molecule has 212 valence electrons. The van der Waals surface area contributed by atoms with Gasteiger partial charge in [-0.2, -0.15) is 4.98 Å². The Morgan fingerprint density at radius 1 is 1.18 bits per heavy atom. The van der Waals surface area contributed by atoms with E-state index >= 15 is 0 Å². The molecule has 2 amide bonds. The van der Waals surface area contributed by atoms with Gasteiger partial charge in [0.25, 0.3) is 5.69 Å². The number of nitrogens with zero attached hydrogens (tertiary/aromatic N) is 7. The Labute approximate surface area is 229 Å². The van der Waals surface area contributed by atoms with Gasteiger partial charge in [-0.25, -0.2) is 18.6 Å². The largest absolute Gasteiger partial charge is 0.494 e. The molecule has 0 radical (unpaired) electrons. The smallest absolute Gasteiger partial charge is 0.326 e. The maximum absolute atomic E-state index is 14.2. The first-order chi connectivity index (χ1) is 19.0. The van der Waals surface area contributed by atoms with E-state index in [2.05, 4.69) is 15.3 Å². The first-order valence-corrected chi connectivity index (χ1v) is 12.3. The summed E-state index contributed by atoms with van der Waals surface area (Å²) in [6.07, 6.45) is 1.52. The summed E-state index contributed by atoms with van der Waals surface area (Å²) >= 11 is 0. The second-order valence-corrected chi connectivity index (χ2v) is 9.62. The van der Waals surface area contributed by atoms with E-state index < -0.39 is 22.6 Å². The number of carbonyl (C=O) groups excluding carboxylic acids is 1. The third-order valence-electron chi connectivity index (χ3n) is 6.49. The summed E-state index contributed by atoms with van der Waals surface area (Å²) in [6.45, 7) is 1.30. The number of benzene rings is 2. The van der Waals surface area contributed by atoms with E-state index in [0.29, 0.717) is 35.9 Å². The van der Waals surface area contributed by atoms with E-state index in [1.54, 1.807) is 18.0 Å². The molecule has 3 aromatic rings. The van der Waals surface area contributed by atoms with Crippen LogP contribution in [0, 0.1) is 21.7 Å². The predicted molar refractivity (Wildman–Crippen MR) is 146 cm³/mol. The van der Waals surface area contributed by atoms with Gasteiger partial charge in [-0.15, -0.1) is 0 Å². The number of amides is 2. The highest BCUT2D eigenvalue weighted by Crippen LogP contribution is 2.39. The lowest BCUT2D eigenvalue weighted by Crippen LogP contribution is -2.45. The van der Waals surface area contributed by atoms with Crippen LogP contribution >= 0.6 is 0 Å². The van der Waals surface area contributed by atoms with Crippen LogP contribution in [0.15, 0.2) is 36.5 Å². The molecule has 0 aliphatic carbocycles. The van der Waals surface area contributed by atoms with Crippen LogP contribution in [-0.4, -0.2) is 79.1 Å². The molecule has 1 aliphatic heterocycles. The molecule has 0 bridgehead atoms. The molecule has 14 heteroatoms. The lowest BCUT2D eigenvalue weighted by Gasteiger charge is -2.34. The van der Waals surface area contributed by atoms with Gasteiger partial charge in [-0.05, 0) is 20.2 Å². The van der Waals surface area contributed by atoms with Crippen LogP contribution in [0.4, 0.5) is 42.4 Å². The fourth-order valence-electron chi connectivity index (χ4n) is 4.28. The number of methoxy groups -OCH3 is 1. The molecule has 40 heavy (non-hydrogen) atoms. The number of likely N-dealkylation sites (N-methyl/N-ethyl adjacent to an activating group) is 2. The summed E-state index contributed by atoms with van der Waals surface area (Å²) in [5, 5.41) is 14.9. The molecule has 1 aromatic heterocycles. The van der Waals surface area contributed by atoms with Gasteiger partial charge < -0.3 is 24.8 Å². The second-order valence-electron chi connectivity index (χ2n) is 9.62. The van der Waals surface area contributed by atoms with Gasteiger partial charge in [0, 0.05) is 62.7 Å². The van der Waals surface area contributed by atoms with Gasteiger partial charge in [0.05, 0.1) is 30.8 Å². The SMILES string of the molecule is COc1cc(N(C)CCN(C)C)c([N+](=O)[O-])cc1Nc1ncc2c(n1)N(C)C(=O)N(Cc1ccc(F)cc1F)C2. The third kappa shape index (κ3) is 6.01. The summed E-state index contributed by atoms with van der Waals surface area (Å²) in [4.78, 5) is 39.7. The standard InChI is InChI=1S/C26H30F2N8O4/c1-32(2)8-9-33(3)21-12-23(40-5)20(11-22(21)36(38)39)30-25-29-13-17-15-35(26(37)34(4)24(17)31-25)14-16-6-7-18(27)10-19(16)28/h6-7,10-13H,8-9,14-15H2,1-5H3,(H,29,30,31). The molecule has 0 unspecified atom stereocenters. The zero-order valence-corrected chi connectivity index (χ0v) is 22.8. The number of hydrogen-bond donors (Lipinski definition) is 1. The van der Waals surface area contributed by atoms with E-state index in [0.717, 1.165) is 12.1 Å². The van der Waals surface area contributed by atoms with Crippen molar-refractivity contribution in [2.75, 3.05) is 63.5 Å². The van der Waals surface area contributed by atoms with Crippen molar-refractivity contribution in [2.24, 2.45) is 0 Å². The first kappa shape index (κ1) is 28.4. The fourth-order valence-corrected chi connectivity index (χ4v) is 4.28. The number of rotatable bonds is 10. The highest BCUT2D eigenvalue weighted by Gasteiger charge is 2.30. The third-order valence-corrected chi connectivity index (χ3v) is 6.49. The molecular weight excluding hydrogens is 526 g/mol. The molecule has 2 heterocycles. The van der Waals surface area contributed by atoms with Gasteiger partial charge in [-0.1, -0.05) is 6.07 Å². The number of nitrogens with one attached hydrogen (secondary N) is 1. The van der Waals surface area contributed by atoms with E-state index in [1.165, 1.54) is 42.3 Å². The molecule has 2 aromatic carbocycles. The Morgan fingerprint density at radius 3 is 2.58 bits per heavy atom. The number of nitro groups is 1. The zero-order valence-electron chi connectivity index (χ0n) is 22.8. The molecule has 0 saturated heterocycles. The maximum Gasteiger partial charge on any atom is 0.326 e. The van der Waals surface area contributed by atoms with E-state index in [4.69, 9.17) is 4.74 Å². The molecule has 1 aliphatic rings. The number of nitro benzene ring substituents is 1. The Balaban J connectivity index is 1.59. The predicted octanol–water partition coefficient (Wildman–Crippen LogP) is 3.99. The number of urea groups is 1. The topological polar surface area (TPSA) is 120 Å². The number of anilines is 4. The lowest BCUT2D eigenvalue weighted by atomic mass is 10.1. The van der Waals surface area contributed by atoms with Crippen molar-refractivity contribution in [1.82, 2.24) is 19.8 Å². The van der Waals surface area contributed by atoms with Gasteiger partial charge >= 0.3 is 6.03 Å². The molecule has 0 fully saturated rings. The Kier molecular flexibility index (Phi) is 8.28. The fraction of sp³-hybridized carbons (Fsp3) is 0.346. The van der Waals surface area contributed by atoms with E-state index in [1.807, 2.05) is 19.0 Å². The van der Waals surface area contributed by atoms with Gasteiger partial charge in [0.15, 0.2) is 0 Å². The number of ether oxygens (including phenoxy) is 1. The Morgan fingerprint density at radius 2 is 1.93 bits per heavy atom. The molecule has 0 atom stereocenters. The quantitative estimate of drug-likeness (QED) is 0.292. The average Bonchev–Trinajstić information content (AvgIpc) is 2.91. The summed E-state index contributed by atoms with van der Waals surface area (Å²) in [5.41, 5.74) is 1.32. The number of fused-ring (bicyclic) bond motifs is 1. The lowest BCUT2D eigenvalue weighted by molar-refractivity contribution is -0.384. The van der Waals surface area contributed by atoms with Crippen LogP contribution in [0.25, 0.3) is 0 Å². The maximum atomic E-state index is 14.2. The monoisotopic (exact) mass is 556 g/mol. The highest BCUT2D eigenvalue weighted by molar-refractivity contribution is 5.93. The average molecular weight is 557 g/mol. The van der Waals surface area contributed by atoms with Crippen LogP contribution in [0.5, 0.6) is 5.75 Å². The number of carbonyl (C=O) groups is 1. The van der Waals surface area contributed by atoms with Gasteiger partial charge in [0.2, 0.25) is 5.95 Å². The minimum Gasteiger partial charge on any atom is -0.494 e. The normalized spacial score (nSPS) is 12.9. The first-order valence-electron chi connectivity index (χ1n) is 12.3. The van der Waals surface area contributed by atoms with Crippen molar-refractivity contribution in [3.63, 3.8) is 0 Å². The Hall–Kier alpha value is -4.59. The molecule has 4 rings (SSSR count). The number of aromatic nitrogens is 2. The molecular formula is C26H30F2N8O4. The molecule has 12 nitrogen and oxygen atoms in total. The second kappa shape index (κ2) is 11.7. The minimum absolute atomic E-state index is 0.0646. The zero-order chi connectivity index (χ0) is 29.1.